The van der Waals surface area contributed by atoms with Crippen LogP contribution < -0.4 is 15.5 Å². The van der Waals surface area contributed by atoms with Gasteiger partial charge in [0.15, 0.2) is 11.7 Å². The summed E-state index contributed by atoms with van der Waals surface area (Å²) < 4.78 is 5.32. The zero-order valence-electron chi connectivity index (χ0n) is 17.1. The molecule has 9 nitrogen and oxygen atoms in total. The maximum atomic E-state index is 5.32. The lowest BCUT2D eigenvalue weighted by Crippen LogP contribution is -2.48. The van der Waals surface area contributed by atoms with Crippen LogP contribution in [0.2, 0.25) is 0 Å². The Labute approximate surface area is 192 Å². The van der Waals surface area contributed by atoms with Gasteiger partial charge in [0.05, 0.1) is 12.8 Å². The molecule has 4 rings (SSSR count). The summed E-state index contributed by atoms with van der Waals surface area (Å²) in [5.41, 5.74) is 1.05. The molecule has 0 spiro atoms. The minimum atomic E-state index is 0. The molecule has 0 aliphatic carbocycles. The Bertz CT molecular complexity index is 947. The van der Waals surface area contributed by atoms with Gasteiger partial charge in [0, 0.05) is 31.9 Å². The molecule has 0 aromatic carbocycles. The zero-order chi connectivity index (χ0) is 20.1. The van der Waals surface area contributed by atoms with Crippen LogP contribution >= 0.6 is 24.0 Å². The highest BCUT2D eigenvalue weighted by atomic mass is 127. The smallest absolute Gasteiger partial charge is 0.216 e. The minimum absolute atomic E-state index is 0. The number of nitrogens with one attached hydrogen (secondary N) is 3. The van der Waals surface area contributed by atoms with Crippen molar-refractivity contribution in [2.24, 2.45) is 4.99 Å². The number of furan rings is 1. The molecule has 1 aliphatic rings. The van der Waals surface area contributed by atoms with E-state index in [2.05, 4.69) is 52.8 Å². The Kier molecular flexibility index (Phi) is 7.66. The highest BCUT2D eigenvalue weighted by Crippen LogP contribution is 2.18. The van der Waals surface area contributed by atoms with Crippen LogP contribution in [0.4, 0.5) is 5.82 Å². The Morgan fingerprint density at radius 3 is 2.77 bits per heavy atom. The number of hydrogen-bond donors (Lipinski definition) is 3. The fourth-order valence-electron chi connectivity index (χ4n) is 3.40. The van der Waals surface area contributed by atoms with Crippen LogP contribution in [-0.4, -0.2) is 52.3 Å². The summed E-state index contributed by atoms with van der Waals surface area (Å²) in [6.45, 7) is 4.47. The van der Waals surface area contributed by atoms with Gasteiger partial charge in [-0.15, -0.1) is 29.1 Å². The van der Waals surface area contributed by atoms with E-state index < -0.39 is 0 Å². The molecule has 4 heterocycles. The van der Waals surface area contributed by atoms with Crippen LogP contribution in [0.1, 0.15) is 24.4 Å². The lowest BCUT2D eigenvalue weighted by Gasteiger charge is -2.33. The number of aliphatic imine (C=N–C) groups is 1. The third kappa shape index (κ3) is 5.49. The number of hydrogen-bond acceptors (Lipinski definition) is 6. The molecular formula is C20H27IN8O. The summed E-state index contributed by atoms with van der Waals surface area (Å²) in [5, 5.41) is 13.9. The average molecular weight is 522 g/mol. The van der Waals surface area contributed by atoms with Gasteiger partial charge >= 0.3 is 0 Å². The van der Waals surface area contributed by atoms with E-state index in [1.165, 1.54) is 0 Å². The van der Waals surface area contributed by atoms with E-state index in [9.17, 15) is 0 Å². The van der Waals surface area contributed by atoms with Gasteiger partial charge in [0.25, 0.3) is 0 Å². The summed E-state index contributed by atoms with van der Waals surface area (Å²) in [6.07, 6.45) is 3.66. The third-order valence-corrected chi connectivity index (χ3v) is 4.95. The second-order valence-corrected chi connectivity index (χ2v) is 7.05. The highest BCUT2D eigenvalue weighted by molar-refractivity contribution is 14.0. The number of guanidine groups is 1. The fourth-order valence-corrected chi connectivity index (χ4v) is 3.40. The maximum absolute atomic E-state index is 5.32. The largest absolute Gasteiger partial charge is 0.461 e. The quantitative estimate of drug-likeness (QED) is 0.269. The predicted octanol–water partition coefficient (Wildman–Crippen LogP) is 2.72. The number of aromatic amines is 1. The molecule has 3 N–H and O–H groups in total. The summed E-state index contributed by atoms with van der Waals surface area (Å²) in [5.74, 6) is 3.73. The van der Waals surface area contributed by atoms with E-state index in [0.29, 0.717) is 24.2 Å². The van der Waals surface area contributed by atoms with Gasteiger partial charge in [-0.3, -0.25) is 10.1 Å². The molecular weight excluding hydrogens is 495 g/mol. The van der Waals surface area contributed by atoms with Gasteiger partial charge in [-0.25, -0.2) is 9.97 Å². The van der Waals surface area contributed by atoms with Crippen LogP contribution in [0.5, 0.6) is 0 Å². The van der Waals surface area contributed by atoms with Crippen molar-refractivity contribution in [1.29, 1.82) is 0 Å². The monoisotopic (exact) mass is 522 g/mol. The molecule has 0 atom stereocenters. The molecule has 30 heavy (non-hydrogen) atoms. The number of nitrogens with zero attached hydrogens (tertiary/aromatic N) is 5. The van der Waals surface area contributed by atoms with E-state index in [1.807, 2.05) is 25.1 Å². The first-order chi connectivity index (χ1) is 14.2. The Morgan fingerprint density at radius 1 is 1.23 bits per heavy atom. The average Bonchev–Trinajstić information content (AvgIpc) is 3.43. The molecule has 1 saturated heterocycles. The first-order valence-corrected chi connectivity index (χ1v) is 9.82. The number of aromatic nitrogens is 4. The molecule has 160 valence electrons. The van der Waals surface area contributed by atoms with Crippen LogP contribution in [0.25, 0.3) is 11.6 Å². The number of pyridine rings is 1. The lowest BCUT2D eigenvalue weighted by molar-refractivity contribution is 0.459. The van der Waals surface area contributed by atoms with Crippen molar-refractivity contribution in [3.05, 3.63) is 48.1 Å². The van der Waals surface area contributed by atoms with E-state index in [4.69, 9.17) is 4.42 Å². The first kappa shape index (κ1) is 22.1. The molecule has 0 amide bonds. The molecule has 1 aliphatic heterocycles. The van der Waals surface area contributed by atoms with Crippen molar-refractivity contribution in [1.82, 2.24) is 30.8 Å². The van der Waals surface area contributed by atoms with Crippen molar-refractivity contribution in [2.45, 2.75) is 32.4 Å². The Morgan fingerprint density at radius 2 is 2.07 bits per heavy atom. The van der Waals surface area contributed by atoms with Crippen molar-refractivity contribution in [3.8, 4) is 11.6 Å². The number of halogens is 1. The van der Waals surface area contributed by atoms with Crippen LogP contribution in [-0.2, 0) is 6.54 Å². The van der Waals surface area contributed by atoms with Gasteiger partial charge in [-0.05, 0) is 44.0 Å². The molecule has 3 aromatic heterocycles. The number of rotatable bonds is 5. The van der Waals surface area contributed by atoms with Crippen LogP contribution in [0, 0.1) is 6.92 Å². The molecule has 1 fully saturated rings. The SMILES string of the molecule is CN=C(NCc1nc(-c2ccco2)n[nH]1)NC1CCN(c2cccc(C)n2)CC1.I. The first-order valence-electron chi connectivity index (χ1n) is 9.82. The van der Waals surface area contributed by atoms with E-state index in [-0.39, 0.29) is 24.0 Å². The van der Waals surface area contributed by atoms with Crippen LogP contribution in [0.15, 0.2) is 46.0 Å². The van der Waals surface area contributed by atoms with Gasteiger partial charge in [-0.2, -0.15) is 0 Å². The number of aryl methyl sites for hydroxylation is 1. The topological polar surface area (TPSA) is 107 Å². The van der Waals surface area contributed by atoms with Crippen molar-refractivity contribution in [3.63, 3.8) is 0 Å². The molecule has 0 radical (unpaired) electrons. The normalized spacial score (nSPS) is 15.0. The second-order valence-electron chi connectivity index (χ2n) is 7.05. The summed E-state index contributed by atoms with van der Waals surface area (Å²) in [7, 11) is 1.77. The second kappa shape index (κ2) is 10.4. The summed E-state index contributed by atoms with van der Waals surface area (Å²) in [6, 6.07) is 10.2. The minimum Gasteiger partial charge on any atom is -0.461 e. The van der Waals surface area contributed by atoms with E-state index in [1.54, 1.807) is 13.3 Å². The van der Waals surface area contributed by atoms with Gasteiger partial charge in [0.2, 0.25) is 5.82 Å². The van der Waals surface area contributed by atoms with Crippen molar-refractivity contribution in [2.75, 3.05) is 25.0 Å². The van der Waals surface area contributed by atoms with Crippen molar-refractivity contribution >= 4 is 35.8 Å². The summed E-state index contributed by atoms with van der Waals surface area (Å²) >= 11 is 0. The number of H-pyrrole nitrogens is 1. The van der Waals surface area contributed by atoms with E-state index >= 15 is 0 Å². The highest BCUT2D eigenvalue weighted by Gasteiger charge is 2.21. The molecule has 0 bridgehead atoms. The Balaban J connectivity index is 0.00000256. The standard InChI is InChI=1S/C20H26N8O.HI/c1-14-5-3-7-18(23-14)28-10-8-15(9-11-28)24-20(21-2)22-13-17-25-19(27-26-17)16-6-4-12-29-16;/h3-7,12,15H,8-11,13H2,1-2H3,(H2,21,22,24)(H,25,26,27);1H. The fraction of sp³-hybridized carbons (Fsp3) is 0.400. The molecule has 3 aromatic rings. The molecule has 10 heteroatoms. The maximum Gasteiger partial charge on any atom is 0.216 e. The van der Waals surface area contributed by atoms with Gasteiger partial charge in [-0.1, -0.05) is 6.07 Å². The zero-order valence-corrected chi connectivity index (χ0v) is 19.5. The van der Waals surface area contributed by atoms with Crippen LogP contribution in [0.3, 0.4) is 0 Å². The number of piperidine rings is 1. The lowest BCUT2D eigenvalue weighted by atomic mass is 10.1. The van der Waals surface area contributed by atoms with E-state index in [0.717, 1.165) is 49.2 Å². The molecule has 0 unspecified atom stereocenters. The van der Waals surface area contributed by atoms with Crippen molar-refractivity contribution < 1.29 is 4.42 Å². The summed E-state index contributed by atoms with van der Waals surface area (Å²) in [4.78, 5) is 15.7. The predicted molar refractivity (Wildman–Crippen MR) is 127 cm³/mol. The number of anilines is 1. The Hall–Kier alpha value is -2.63. The van der Waals surface area contributed by atoms with Gasteiger partial charge in [0.1, 0.15) is 11.6 Å². The third-order valence-electron chi connectivity index (χ3n) is 4.95. The van der Waals surface area contributed by atoms with Gasteiger partial charge < -0.3 is 20.0 Å². The molecule has 0 saturated carbocycles.